The van der Waals surface area contributed by atoms with Crippen molar-refractivity contribution in [3.05, 3.63) is 0 Å². The zero-order chi connectivity index (χ0) is 8.32. The molecule has 4 heteroatoms. The molecule has 0 spiro atoms. The molecule has 1 saturated heterocycles. The summed E-state index contributed by atoms with van der Waals surface area (Å²) in [6.07, 6.45) is 3.47. The van der Waals surface area contributed by atoms with E-state index in [0.717, 1.165) is 25.9 Å². The third-order valence-corrected chi connectivity index (χ3v) is 3.01. The van der Waals surface area contributed by atoms with Crippen molar-refractivity contribution in [1.82, 2.24) is 5.32 Å². The number of piperidine rings is 1. The van der Waals surface area contributed by atoms with Gasteiger partial charge in [-0.2, -0.15) is 0 Å². The molecule has 3 nitrogen and oxygen atoms in total. The molecule has 0 aliphatic carbocycles. The fraction of sp³-hybridized carbons (Fsp3) is 1.00. The molecule has 11 heavy (non-hydrogen) atoms. The molecule has 0 aromatic rings. The van der Waals surface area contributed by atoms with Crippen LogP contribution in [0.5, 0.6) is 0 Å². The summed E-state index contributed by atoms with van der Waals surface area (Å²) in [5.41, 5.74) is 0. The second-order valence-corrected chi connectivity index (χ2v) is 5.49. The molecule has 0 saturated carbocycles. The molecule has 1 atom stereocenters. The van der Waals surface area contributed by atoms with Crippen LogP contribution in [0.2, 0.25) is 0 Å². The molecular formula is C7H15NO2S. The summed E-state index contributed by atoms with van der Waals surface area (Å²) in [5, 5.41) is 3.19. The van der Waals surface area contributed by atoms with Gasteiger partial charge in [0.1, 0.15) is 9.84 Å². The van der Waals surface area contributed by atoms with Gasteiger partial charge in [-0.1, -0.05) is 0 Å². The van der Waals surface area contributed by atoms with Crippen LogP contribution in [-0.2, 0) is 9.84 Å². The molecule has 0 bridgehead atoms. The lowest BCUT2D eigenvalue weighted by Gasteiger charge is -2.21. The highest BCUT2D eigenvalue weighted by molar-refractivity contribution is 7.90. The summed E-state index contributed by atoms with van der Waals surface area (Å²) in [6.45, 7) is 1.91. The number of hydrogen-bond acceptors (Lipinski definition) is 3. The van der Waals surface area contributed by atoms with Crippen molar-refractivity contribution in [3.8, 4) is 0 Å². The molecule has 1 aliphatic rings. The van der Waals surface area contributed by atoms with Gasteiger partial charge >= 0.3 is 0 Å². The zero-order valence-corrected chi connectivity index (χ0v) is 7.65. The summed E-state index contributed by atoms with van der Waals surface area (Å²) < 4.78 is 21.7. The Morgan fingerprint density at radius 3 is 2.73 bits per heavy atom. The van der Waals surface area contributed by atoms with E-state index in [1.165, 1.54) is 6.26 Å². The fourth-order valence-electron chi connectivity index (χ4n) is 1.49. The van der Waals surface area contributed by atoms with Crippen LogP contribution in [0.1, 0.15) is 12.8 Å². The molecule has 1 fully saturated rings. The van der Waals surface area contributed by atoms with E-state index in [0.29, 0.717) is 11.7 Å². The summed E-state index contributed by atoms with van der Waals surface area (Å²) in [5.74, 6) is 0.693. The quantitative estimate of drug-likeness (QED) is 0.647. The predicted octanol–water partition coefficient (Wildman–Crippen LogP) is 0.0306. The largest absolute Gasteiger partial charge is 0.316 e. The van der Waals surface area contributed by atoms with E-state index in [1.807, 2.05) is 0 Å². The Morgan fingerprint density at radius 2 is 2.27 bits per heavy atom. The van der Waals surface area contributed by atoms with Gasteiger partial charge in [-0.3, -0.25) is 0 Å². The summed E-state index contributed by atoms with van der Waals surface area (Å²) in [6, 6.07) is 0. The smallest absolute Gasteiger partial charge is 0.147 e. The first-order valence-corrected chi connectivity index (χ1v) is 6.02. The van der Waals surface area contributed by atoms with E-state index < -0.39 is 9.84 Å². The molecule has 1 heterocycles. The van der Waals surface area contributed by atoms with E-state index in [9.17, 15) is 8.42 Å². The first-order valence-electron chi connectivity index (χ1n) is 3.96. The Labute approximate surface area is 68.1 Å². The maximum Gasteiger partial charge on any atom is 0.147 e. The van der Waals surface area contributed by atoms with Crippen molar-refractivity contribution in [2.75, 3.05) is 25.1 Å². The first-order chi connectivity index (χ1) is 5.08. The van der Waals surface area contributed by atoms with Gasteiger partial charge < -0.3 is 5.32 Å². The highest BCUT2D eigenvalue weighted by Crippen LogP contribution is 2.11. The van der Waals surface area contributed by atoms with E-state index >= 15 is 0 Å². The maximum atomic E-state index is 10.9. The van der Waals surface area contributed by atoms with Gasteiger partial charge in [0, 0.05) is 6.26 Å². The summed E-state index contributed by atoms with van der Waals surface area (Å²) in [7, 11) is -2.76. The molecule has 0 aromatic carbocycles. The van der Waals surface area contributed by atoms with Crippen molar-refractivity contribution >= 4 is 9.84 Å². The Kier molecular flexibility index (Phi) is 2.90. The average molecular weight is 177 g/mol. The van der Waals surface area contributed by atoms with Crippen molar-refractivity contribution in [1.29, 1.82) is 0 Å². The normalized spacial score (nSPS) is 26.8. The van der Waals surface area contributed by atoms with Crippen LogP contribution in [0.4, 0.5) is 0 Å². The molecule has 0 aromatic heterocycles. The predicted molar refractivity (Wildman–Crippen MR) is 45.3 cm³/mol. The molecule has 0 unspecified atom stereocenters. The Morgan fingerprint density at radius 1 is 1.55 bits per heavy atom. The summed E-state index contributed by atoms with van der Waals surface area (Å²) >= 11 is 0. The standard InChI is InChI=1S/C7H15NO2S/c1-11(9,10)6-7-3-2-4-8-5-7/h7-8H,2-6H2,1H3/t7-/m0/s1. The third kappa shape index (κ3) is 3.72. The topological polar surface area (TPSA) is 46.2 Å². The summed E-state index contributed by atoms with van der Waals surface area (Å²) in [4.78, 5) is 0. The Hall–Kier alpha value is -0.0900. The van der Waals surface area contributed by atoms with E-state index in [1.54, 1.807) is 0 Å². The van der Waals surface area contributed by atoms with Crippen LogP contribution in [-0.4, -0.2) is 33.5 Å². The second kappa shape index (κ2) is 3.54. The number of rotatable bonds is 2. The molecule has 1 aliphatic heterocycles. The molecule has 0 radical (unpaired) electrons. The molecule has 1 rings (SSSR count). The van der Waals surface area contributed by atoms with Gasteiger partial charge in [0.2, 0.25) is 0 Å². The van der Waals surface area contributed by atoms with Crippen LogP contribution in [0, 0.1) is 5.92 Å². The van der Waals surface area contributed by atoms with Gasteiger partial charge in [-0.25, -0.2) is 8.42 Å². The van der Waals surface area contributed by atoms with Gasteiger partial charge in [-0.05, 0) is 31.8 Å². The molecule has 1 N–H and O–H groups in total. The zero-order valence-electron chi connectivity index (χ0n) is 6.84. The van der Waals surface area contributed by atoms with Crippen LogP contribution >= 0.6 is 0 Å². The monoisotopic (exact) mass is 177 g/mol. The van der Waals surface area contributed by atoms with E-state index in [2.05, 4.69) is 5.32 Å². The highest BCUT2D eigenvalue weighted by Gasteiger charge is 2.17. The minimum Gasteiger partial charge on any atom is -0.316 e. The number of sulfone groups is 1. The van der Waals surface area contributed by atoms with Crippen LogP contribution < -0.4 is 5.32 Å². The van der Waals surface area contributed by atoms with Crippen molar-refractivity contribution in [2.45, 2.75) is 12.8 Å². The molecular weight excluding hydrogens is 162 g/mol. The lowest BCUT2D eigenvalue weighted by atomic mass is 10.0. The average Bonchev–Trinajstić information content (AvgIpc) is 1.85. The SMILES string of the molecule is CS(=O)(=O)C[C@H]1CCCNC1. The first kappa shape index (κ1) is 9.00. The van der Waals surface area contributed by atoms with Crippen LogP contribution in [0.25, 0.3) is 0 Å². The lowest BCUT2D eigenvalue weighted by Crippen LogP contribution is -2.33. The van der Waals surface area contributed by atoms with Gasteiger partial charge in [0.05, 0.1) is 5.75 Å². The minimum atomic E-state index is -2.76. The van der Waals surface area contributed by atoms with Gasteiger partial charge in [0.15, 0.2) is 0 Å². The van der Waals surface area contributed by atoms with Gasteiger partial charge in [0.25, 0.3) is 0 Å². The van der Waals surface area contributed by atoms with Gasteiger partial charge in [-0.15, -0.1) is 0 Å². The fourth-order valence-corrected chi connectivity index (χ4v) is 2.64. The van der Waals surface area contributed by atoms with Crippen molar-refractivity contribution in [2.24, 2.45) is 5.92 Å². The maximum absolute atomic E-state index is 10.9. The van der Waals surface area contributed by atoms with Crippen molar-refractivity contribution < 1.29 is 8.42 Å². The van der Waals surface area contributed by atoms with Crippen molar-refractivity contribution in [3.63, 3.8) is 0 Å². The molecule has 0 amide bonds. The number of hydrogen-bond donors (Lipinski definition) is 1. The van der Waals surface area contributed by atoms with E-state index in [4.69, 9.17) is 0 Å². The molecule has 66 valence electrons. The van der Waals surface area contributed by atoms with Crippen LogP contribution in [0.15, 0.2) is 0 Å². The van der Waals surface area contributed by atoms with Crippen LogP contribution in [0.3, 0.4) is 0 Å². The third-order valence-electron chi connectivity index (χ3n) is 1.94. The lowest BCUT2D eigenvalue weighted by molar-refractivity contribution is 0.404. The Bertz CT molecular complexity index is 204. The van der Waals surface area contributed by atoms with E-state index in [-0.39, 0.29) is 0 Å². The minimum absolute atomic E-state index is 0.346. The second-order valence-electron chi connectivity index (χ2n) is 3.30. The Balaban J connectivity index is 2.36. The highest BCUT2D eigenvalue weighted by atomic mass is 32.2. The number of nitrogens with one attached hydrogen (secondary N) is 1.